The van der Waals surface area contributed by atoms with Gasteiger partial charge in [0, 0.05) is 10.7 Å². The third-order valence-corrected chi connectivity index (χ3v) is 5.43. The van der Waals surface area contributed by atoms with Gasteiger partial charge >= 0.3 is 5.97 Å². The van der Waals surface area contributed by atoms with Crippen molar-refractivity contribution in [1.82, 2.24) is 0 Å². The van der Waals surface area contributed by atoms with Crippen LogP contribution in [-0.2, 0) is 14.6 Å². The molecule has 0 radical (unpaired) electrons. The number of esters is 1. The summed E-state index contributed by atoms with van der Waals surface area (Å²) in [5.41, 5.74) is 0.377. The lowest BCUT2D eigenvalue weighted by atomic mass is 10.1. The highest BCUT2D eigenvalue weighted by Gasteiger charge is 2.19. The maximum Gasteiger partial charge on any atom is 0.340 e. The number of carbonyl (C=O) groups is 2. The van der Waals surface area contributed by atoms with Gasteiger partial charge in [0.15, 0.2) is 9.84 Å². The van der Waals surface area contributed by atoms with Gasteiger partial charge in [-0.2, -0.15) is 0 Å². The summed E-state index contributed by atoms with van der Waals surface area (Å²) in [5.74, 6) is -1.22. The van der Waals surface area contributed by atoms with E-state index in [4.69, 9.17) is 16.3 Å². The van der Waals surface area contributed by atoms with Gasteiger partial charge in [-0.1, -0.05) is 34.5 Å². The van der Waals surface area contributed by atoms with Gasteiger partial charge in [-0.25, -0.2) is 13.2 Å². The zero-order valence-corrected chi connectivity index (χ0v) is 17.7. The Labute approximate surface area is 170 Å². The first kappa shape index (κ1) is 21.4. The summed E-state index contributed by atoms with van der Waals surface area (Å²) in [6, 6.07) is 8.58. The Morgan fingerprint density at radius 3 is 2.48 bits per heavy atom. The van der Waals surface area contributed by atoms with Crippen LogP contribution in [-0.4, -0.2) is 33.2 Å². The summed E-state index contributed by atoms with van der Waals surface area (Å²) < 4.78 is 29.2. The van der Waals surface area contributed by atoms with E-state index < -0.39 is 21.7 Å². The van der Waals surface area contributed by atoms with E-state index >= 15 is 0 Å². The third-order valence-electron chi connectivity index (χ3n) is 3.50. The molecule has 2 aromatic carbocycles. The fourth-order valence-corrected chi connectivity index (χ4v) is 3.38. The normalized spacial score (nSPS) is 11.1. The zero-order chi connectivity index (χ0) is 20.2. The number of hydrogen-bond donors (Lipinski definition) is 1. The van der Waals surface area contributed by atoms with Crippen LogP contribution in [0.25, 0.3) is 0 Å². The van der Waals surface area contributed by atoms with Crippen LogP contribution < -0.4 is 5.32 Å². The minimum atomic E-state index is -3.50. The summed E-state index contributed by atoms with van der Waals surface area (Å²) in [5, 5.41) is 2.68. The smallest absolute Gasteiger partial charge is 0.340 e. The second-order valence-corrected chi connectivity index (χ2v) is 9.03. The molecule has 0 aliphatic heterocycles. The summed E-state index contributed by atoms with van der Waals surface area (Å²) in [4.78, 5) is 24.8. The average Bonchev–Trinajstić information content (AvgIpc) is 2.60. The second-order valence-electron chi connectivity index (χ2n) is 5.69. The Hall–Kier alpha value is -1.90. The molecule has 6 nitrogen and oxygen atoms in total. The van der Waals surface area contributed by atoms with Crippen molar-refractivity contribution in [2.75, 3.05) is 18.2 Å². The molecule has 1 amide bonds. The molecule has 0 aliphatic carbocycles. The molecule has 0 aliphatic rings. The first-order valence-electron chi connectivity index (χ1n) is 7.91. The Morgan fingerprint density at radius 1 is 1.15 bits per heavy atom. The van der Waals surface area contributed by atoms with Crippen LogP contribution in [0, 0.1) is 0 Å². The average molecular weight is 475 g/mol. The molecule has 0 aromatic heterocycles. The highest BCUT2D eigenvalue weighted by molar-refractivity contribution is 9.10. The zero-order valence-electron chi connectivity index (χ0n) is 14.6. The number of halogens is 2. The minimum Gasteiger partial charge on any atom is -0.462 e. The van der Waals surface area contributed by atoms with Crippen molar-refractivity contribution in [3.63, 3.8) is 0 Å². The van der Waals surface area contributed by atoms with Crippen molar-refractivity contribution in [1.29, 1.82) is 0 Å². The fraction of sp³-hybridized carbons (Fsp3) is 0.222. The predicted octanol–water partition coefficient (Wildman–Crippen LogP) is 4.33. The van der Waals surface area contributed by atoms with Crippen molar-refractivity contribution in [3.8, 4) is 0 Å². The Bertz CT molecular complexity index is 991. The van der Waals surface area contributed by atoms with Gasteiger partial charge in [0.1, 0.15) is 0 Å². The van der Waals surface area contributed by atoms with Gasteiger partial charge in [0.25, 0.3) is 5.91 Å². The number of anilines is 1. The maximum atomic E-state index is 12.6. The molecule has 0 heterocycles. The van der Waals surface area contributed by atoms with Crippen LogP contribution in [0.4, 0.5) is 5.69 Å². The highest BCUT2D eigenvalue weighted by atomic mass is 79.9. The quantitative estimate of drug-likeness (QED) is 0.630. The van der Waals surface area contributed by atoms with E-state index in [0.29, 0.717) is 10.9 Å². The molecule has 1 N–H and O–H groups in total. The number of benzene rings is 2. The Balaban J connectivity index is 2.38. The highest BCUT2D eigenvalue weighted by Crippen LogP contribution is 2.25. The number of sulfone groups is 1. The summed E-state index contributed by atoms with van der Waals surface area (Å²) >= 11 is 9.33. The van der Waals surface area contributed by atoms with E-state index in [1.807, 2.05) is 6.92 Å². The molecule has 2 aromatic rings. The van der Waals surface area contributed by atoms with Crippen LogP contribution in [0.1, 0.15) is 34.1 Å². The first-order chi connectivity index (χ1) is 12.6. The largest absolute Gasteiger partial charge is 0.462 e. The topological polar surface area (TPSA) is 89.5 Å². The molecule has 2 rings (SSSR count). The van der Waals surface area contributed by atoms with Crippen molar-refractivity contribution in [2.24, 2.45) is 0 Å². The summed E-state index contributed by atoms with van der Waals surface area (Å²) in [7, 11) is -3.50. The van der Waals surface area contributed by atoms with Gasteiger partial charge in [-0.3, -0.25) is 4.79 Å². The van der Waals surface area contributed by atoms with Gasteiger partial charge in [0.2, 0.25) is 0 Å². The number of hydrogen-bond acceptors (Lipinski definition) is 5. The molecule has 9 heteroatoms. The van der Waals surface area contributed by atoms with Crippen LogP contribution in [0.15, 0.2) is 45.8 Å². The van der Waals surface area contributed by atoms with E-state index in [1.54, 1.807) is 12.1 Å². The van der Waals surface area contributed by atoms with Crippen LogP contribution in [0.3, 0.4) is 0 Å². The molecule has 0 fully saturated rings. The lowest BCUT2D eigenvalue weighted by Gasteiger charge is -2.12. The first-order valence-corrected chi connectivity index (χ1v) is 11.0. The van der Waals surface area contributed by atoms with Gasteiger partial charge < -0.3 is 10.1 Å². The number of carbonyl (C=O) groups excluding carboxylic acids is 2. The number of ether oxygens (including phenoxy) is 1. The van der Waals surface area contributed by atoms with E-state index in [0.717, 1.165) is 6.26 Å². The predicted molar refractivity (Wildman–Crippen MR) is 107 cm³/mol. The van der Waals surface area contributed by atoms with Crippen molar-refractivity contribution in [2.45, 2.75) is 18.2 Å². The Morgan fingerprint density at radius 2 is 1.85 bits per heavy atom. The molecule has 0 bridgehead atoms. The monoisotopic (exact) mass is 473 g/mol. The number of nitrogens with one attached hydrogen (secondary N) is 1. The minimum absolute atomic E-state index is 0.0182. The van der Waals surface area contributed by atoms with Crippen molar-refractivity contribution in [3.05, 3.63) is 57.0 Å². The van der Waals surface area contributed by atoms with Crippen molar-refractivity contribution < 1.29 is 22.7 Å². The molecule has 0 spiro atoms. The molecule has 0 saturated heterocycles. The van der Waals surface area contributed by atoms with Crippen molar-refractivity contribution >= 4 is 54.9 Å². The van der Waals surface area contributed by atoms with Gasteiger partial charge in [-0.15, -0.1) is 0 Å². The van der Waals surface area contributed by atoms with Gasteiger partial charge in [0.05, 0.1) is 33.3 Å². The van der Waals surface area contributed by atoms with Gasteiger partial charge in [-0.05, 0) is 42.8 Å². The molecule has 0 saturated carbocycles. The fourth-order valence-electron chi connectivity index (χ4n) is 2.17. The second kappa shape index (κ2) is 8.86. The van der Waals surface area contributed by atoms with Crippen LogP contribution in [0.5, 0.6) is 0 Å². The SMILES string of the molecule is CCCOC(=O)c1cc(Br)ccc1NC(=O)c1cc(S(C)(=O)=O)ccc1Cl. The number of rotatable bonds is 6. The van der Waals surface area contributed by atoms with E-state index in [2.05, 4.69) is 21.2 Å². The molecule has 0 unspecified atom stereocenters. The summed E-state index contributed by atoms with van der Waals surface area (Å²) in [6.07, 6.45) is 1.70. The Kier molecular flexibility index (Phi) is 7.02. The lowest BCUT2D eigenvalue weighted by Crippen LogP contribution is -2.17. The van der Waals surface area contributed by atoms with E-state index in [9.17, 15) is 18.0 Å². The summed E-state index contributed by atoms with van der Waals surface area (Å²) in [6.45, 7) is 2.12. The molecule has 27 heavy (non-hydrogen) atoms. The lowest BCUT2D eigenvalue weighted by molar-refractivity contribution is 0.0506. The standard InChI is InChI=1S/C18H17BrClNO5S/c1-3-8-26-18(23)14-9-11(19)4-7-16(14)21-17(22)13-10-12(27(2,24)25)5-6-15(13)20/h4-7,9-10H,3,8H2,1-2H3,(H,21,22). The van der Waals surface area contributed by atoms with Crippen LogP contribution >= 0.6 is 27.5 Å². The molecule has 0 atom stereocenters. The van der Waals surface area contributed by atoms with E-state index in [1.165, 1.54) is 24.3 Å². The maximum absolute atomic E-state index is 12.6. The number of amides is 1. The molecular formula is C18H17BrClNO5S. The van der Waals surface area contributed by atoms with E-state index in [-0.39, 0.29) is 33.3 Å². The molecular weight excluding hydrogens is 458 g/mol. The molecule has 144 valence electrons. The third kappa shape index (κ3) is 5.54. The van der Waals surface area contributed by atoms with Crippen LogP contribution in [0.2, 0.25) is 5.02 Å².